The van der Waals surface area contributed by atoms with Gasteiger partial charge in [0.25, 0.3) is 0 Å². The molecule has 0 aliphatic carbocycles. The number of nitrogens with one attached hydrogen (secondary N) is 1. The molecule has 0 aliphatic rings. The van der Waals surface area contributed by atoms with Crippen LogP contribution in [-0.2, 0) is 11.2 Å². The second-order valence-corrected chi connectivity index (χ2v) is 4.55. The average Bonchev–Trinajstić information content (AvgIpc) is 2.44. The number of carbonyl (C=O) groups is 2. The monoisotopic (exact) mass is 319 g/mol. The lowest BCUT2D eigenvalue weighted by molar-refractivity contribution is -0.144. The highest BCUT2D eigenvalue weighted by Crippen LogP contribution is 2.22. The molecule has 5 nitrogen and oxygen atoms in total. The van der Waals surface area contributed by atoms with E-state index in [0.717, 1.165) is 0 Å². The lowest BCUT2D eigenvalue weighted by Gasteiger charge is -2.11. The third-order valence-electron chi connectivity index (χ3n) is 2.89. The second kappa shape index (κ2) is 7.67. The van der Waals surface area contributed by atoms with Crippen LogP contribution < -0.4 is 10.1 Å². The SMILES string of the molecule is COc1cc(C(=O)O)ccc1CCNC(=O)CCC(F)(F)F. The number of hydrogen-bond donors (Lipinski definition) is 2. The smallest absolute Gasteiger partial charge is 0.389 e. The van der Waals surface area contributed by atoms with Crippen LogP contribution in [0.4, 0.5) is 13.2 Å². The molecule has 0 bridgehead atoms. The maximum Gasteiger partial charge on any atom is 0.389 e. The van der Waals surface area contributed by atoms with Crippen LogP contribution >= 0.6 is 0 Å². The number of carbonyl (C=O) groups excluding carboxylic acids is 1. The summed E-state index contributed by atoms with van der Waals surface area (Å²) in [7, 11) is 1.38. The molecule has 8 heteroatoms. The first-order valence-electron chi connectivity index (χ1n) is 6.46. The first kappa shape index (κ1) is 17.8. The summed E-state index contributed by atoms with van der Waals surface area (Å²) >= 11 is 0. The van der Waals surface area contributed by atoms with Crippen molar-refractivity contribution in [2.24, 2.45) is 0 Å². The van der Waals surface area contributed by atoms with Gasteiger partial charge in [-0.2, -0.15) is 13.2 Å². The van der Waals surface area contributed by atoms with Crippen LogP contribution in [0.5, 0.6) is 5.75 Å². The predicted molar refractivity (Wildman–Crippen MR) is 72.0 cm³/mol. The van der Waals surface area contributed by atoms with Crippen LogP contribution in [0.2, 0.25) is 0 Å². The Kier molecular flexibility index (Phi) is 6.21. The van der Waals surface area contributed by atoms with E-state index in [1.54, 1.807) is 6.07 Å². The maximum atomic E-state index is 12.0. The molecule has 22 heavy (non-hydrogen) atoms. The molecule has 1 rings (SSSR count). The minimum atomic E-state index is -4.35. The Morgan fingerprint density at radius 1 is 1.32 bits per heavy atom. The Balaban J connectivity index is 2.51. The van der Waals surface area contributed by atoms with Crippen molar-refractivity contribution < 1.29 is 32.6 Å². The van der Waals surface area contributed by atoms with E-state index < -0.39 is 30.9 Å². The van der Waals surface area contributed by atoms with Crippen LogP contribution in [-0.4, -0.2) is 36.8 Å². The van der Waals surface area contributed by atoms with Gasteiger partial charge >= 0.3 is 12.1 Å². The number of alkyl halides is 3. The van der Waals surface area contributed by atoms with Gasteiger partial charge in [-0.15, -0.1) is 0 Å². The molecular formula is C14H16F3NO4. The molecule has 0 aliphatic heterocycles. The third kappa shape index (κ3) is 6.02. The standard InChI is InChI=1S/C14H16F3NO4/c1-22-11-8-10(13(20)21)3-2-9(11)5-7-18-12(19)4-6-14(15,16)17/h2-3,8H,4-7H2,1H3,(H,18,19)(H,20,21). The molecule has 0 saturated carbocycles. The van der Waals surface area contributed by atoms with Gasteiger partial charge in [0.2, 0.25) is 5.91 Å². The van der Waals surface area contributed by atoms with Gasteiger partial charge < -0.3 is 15.2 Å². The van der Waals surface area contributed by atoms with Gasteiger partial charge in [0.05, 0.1) is 19.1 Å². The van der Waals surface area contributed by atoms with Crippen molar-refractivity contribution in [3.63, 3.8) is 0 Å². The largest absolute Gasteiger partial charge is 0.496 e. The zero-order valence-corrected chi connectivity index (χ0v) is 11.9. The number of halogens is 3. The number of methoxy groups -OCH3 is 1. The number of ether oxygens (including phenoxy) is 1. The molecule has 0 radical (unpaired) electrons. The molecule has 0 unspecified atom stereocenters. The van der Waals surface area contributed by atoms with Crippen molar-refractivity contribution >= 4 is 11.9 Å². The van der Waals surface area contributed by atoms with E-state index >= 15 is 0 Å². The molecule has 1 aromatic carbocycles. The Hall–Kier alpha value is -2.25. The molecule has 1 aromatic rings. The molecule has 0 atom stereocenters. The number of amides is 1. The van der Waals surface area contributed by atoms with E-state index in [4.69, 9.17) is 9.84 Å². The summed E-state index contributed by atoms with van der Waals surface area (Å²) in [5.74, 6) is -1.42. The van der Waals surface area contributed by atoms with Gasteiger partial charge in [-0.25, -0.2) is 4.79 Å². The van der Waals surface area contributed by atoms with Crippen LogP contribution in [0.15, 0.2) is 18.2 Å². The summed E-state index contributed by atoms with van der Waals surface area (Å²) in [6.45, 7) is 0.138. The van der Waals surface area contributed by atoms with E-state index in [1.165, 1.54) is 19.2 Å². The topological polar surface area (TPSA) is 75.6 Å². The van der Waals surface area contributed by atoms with Gasteiger partial charge in [-0.1, -0.05) is 6.07 Å². The highest BCUT2D eigenvalue weighted by molar-refractivity contribution is 5.88. The number of hydrogen-bond acceptors (Lipinski definition) is 3. The molecule has 1 amide bonds. The van der Waals surface area contributed by atoms with Gasteiger partial charge in [0.15, 0.2) is 0 Å². The zero-order valence-electron chi connectivity index (χ0n) is 11.9. The summed E-state index contributed by atoms with van der Waals surface area (Å²) in [5, 5.41) is 11.2. The second-order valence-electron chi connectivity index (χ2n) is 4.55. The van der Waals surface area contributed by atoms with E-state index in [-0.39, 0.29) is 12.1 Å². The Bertz CT molecular complexity index is 543. The van der Waals surface area contributed by atoms with Crippen LogP contribution in [0.3, 0.4) is 0 Å². The molecule has 2 N–H and O–H groups in total. The Morgan fingerprint density at radius 3 is 2.55 bits per heavy atom. The molecule has 0 spiro atoms. The summed E-state index contributed by atoms with van der Waals surface area (Å²) in [5.41, 5.74) is 0.721. The summed E-state index contributed by atoms with van der Waals surface area (Å²) < 4.78 is 40.9. The highest BCUT2D eigenvalue weighted by Gasteiger charge is 2.27. The number of carboxylic acid groups (broad SMARTS) is 1. The Morgan fingerprint density at radius 2 is 2.00 bits per heavy atom. The molecule has 0 fully saturated rings. The number of carboxylic acids is 1. The zero-order chi connectivity index (χ0) is 16.8. The molecule has 122 valence electrons. The van der Waals surface area contributed by atoms with E-state index in [2.05, 4.69) is 5.32 Å². The molecule has 0 aromatic heterocycles. The molecule has 0 heterocycles. The van der Waals surface area contributed by atoms with Crippen molar-refractivity contribution in [1.29, 1.82) is 0 Å². The maximum absolute atomic E-state index is 12.0. The van der Waals surface area contributed by atoms with Crippen LogP contribution in [0, 0.1) is 0 Å². The number of aromatic carboxylic acids is 1. The van der Waals surface area contributed by atoms with Gasteiger partial charge in [-0.3, -0.25) is 4.79 Å². The lowest BCUT2D eigenvalue weighted by Crippen LogP contribution is -2.27. The van der Waals surface area contributed by atoms with Crippen molar-refractivity contribution in [2.75, 3.05) is 13.7 Å². The Labute approximate surface area is 125 Å². The lowest BCUT2D eigenvalue weighted by atomic mass is 10.1. The van der Waals surface area contributed by atoms with Gasteiger partial charge in [0, 0.05) is 13.0 Å². The van der Waals surface area contributed by atoms with Gasteiger partial charge in [0.1, 0.15) is 5.75 Å². The quantitative estimate of drug-likeness (QED) is 0.809. The summed E-state index contributed by atoms with van der Waals surface area (Å²) in [6.07, 6.45) is -5.80. The van der Waals surface area contributed by atoms with Crippen molar-refractivity contribution in [1.82, 2.24) is 5.32 Å². The van der Waals surface area contributed by atoms with E-state index in [1.807, 2.05) is 0 Å². The van der Waals surface area contributed by atoms with Crippen molar-refractivity contribution in [3.05, 3.63) is 29.3 Å². The number of rotatable bonds is 7. The fourth-order valence-corrected chi connectivity index (χ4v) is 1.76. The van der Waals surface area contributed by atoms with E-state index in [0.29, 0.717) is 17.7 Å². The van der Waals surface area contributed by atoms with Crippen LogP contribution in [0.25, 0.3) is 0 Å². The summed E-state index contributed by atoms with van der Waals surface area (Å²) in [6, 6.07) is 4.29. The summed E-state index contributed by atoms with van der Waals surface area (Å²) in [4.78, 5) is 22.1. The van der Waals surface area contributed by atoms with Crippen molar-refractivity contribution in [2.45, 2.75) is 25.4 Å². The first-order chi connectivity index (χ1) is 10.2. The third-order valence-corrected chi connectivity index (χ3v) is 2.89. The minimum Gasteiger partial charge on any atom is -0.496 e. The van der Waals surface area contributed by atoms with Crippen LogP contribution in [0.1, 0.15) is 28.8 Å². The van der Waals surface area contributed by atoms with E-state index in [9.17, 15) is 22.8 Å². The molecular weight excluding hydrogens is 303 g/mol. The number of benzene rings is 1. The predicted octanol–water partition coefficient (Wildman–Crippen LogP) is 2.39. The average molecular weight is 319 g/mol. The normalized spacial score (nSPS) is 11.1. The fourth-order valence-electron chi connectivity index (χ4n) is 1.76. The highest BCUT2D eigenvalue weighted by atomic mass is 19.4. The van der Waals surface area contributed by atoms with Gasteiger partial charge in [-0.05, 0) is 24.1 Å². The first-order valence-corrected chi connectivity index (χ1v) is 6.46. The fraction of sp³-hybridized carbons (Fsp3) is 0.429. The van der Waals surface area contributed by atoms with Crippen molar-refractivity contribution in [3.8, 4) is 5.75 Å². The minimum absolute atomic E-state index is 0.0646. The molecule has 0 saturated heterocycles.